The number of likely N-dealkylation sites (tertiary alicyclic amines) is 1. The van der Waals surface area contributed by atoms with Crippen LogP contribution in [-0.4, -0.2) is 89.7 Å². The highest BCUT2D eigenvalue weighted by molar-refractivity contribution is 6.30. The number of piperidine rings is 1. The van der Waals surface area contributed by atoms with Gasteiger partial charge in [0, 0.05) is 51.8 Å². The Labute approximate surface area is 192 Å². The highest BCUT2D eigenvalue weighted by atomic mass is 35.5. The van der Waals surface area contributed by atoms with Gasteiger partial charge in [0.1, 0.15) is 12.0 Å². The summed E-state index contributed by atoms with van der Waals surface area (Å²) in [6.45, 7) is 3.69. The van der Waals surface area contributed by atoms with Crippen molar-refractivity contribution in [1.82, 2.24) is 14.7 Å². The molecule has 0 aromatic heterocycles. The third-order valence-corrected chi connectivity index (χ3v) is 6.29. The molecule has 9 heteroatoms. The van der Waals surface area contributed by atoms with E-state index in [2.05, 4.69) is 4.90 Å². The van der Waals surface area contributed by atoms with Gasteiger partial charge in [0.05, 0.1) is 11.1 Å². The Morgan fingerprint density at radius 3 is 2.72 bits per heavy atom. The molecule has 32 heavy (non-hydrogen) atoms. The van der Waals surface area contributed by atoms with Crippen molar-refractivity contribution < 1.29 is 23.5 Å². The predicted octanol–water partition coefficient (Wildman–Crippen LogP) is 2.74. The molecule has 6 nitrogen and oxygen atoms in total. The van der Waals surface area contributed by atoms with E-state index in [-0.39, 0.29) is 23.3 Å². The second kappa shape index (κ2) is 11.7. The number of benzene rings is 1. The van der Waals surface area contributed by atoms with Crippen molar-refractivity contribution in [2.24, 2.45) is 0 Å². The van der Waals surface area contributed by atoms with Gasteiger partial charge in [-0.3, -0.25) is 9.59 Å². The van der Waals surface area contributed by atoms with Crippen LogP contribution < -0.4 is 0 Å². The van der Waals surface area contributed by atoms with Crippen molar-refractivity contribution in [2.75, 3.05) is 45.8 Å². The molecule has 2 fully saturated rings. The van der Waals surface area contributed by atoms with E-state index in [0.717, 1.165) is 19.4 Å². The Kier molecular flexibility index (Phi) is 9.02. The molecule has 0 spiro atoms. The van der Waals surface area contributed by atoms with Gasteiger partial charge < -0.3 is 19.8 Å². The number of nitrogens with zero attached hydrogens (tertiary/aromatic N) is 3. The van der Waals surface area contributed by atoms with E-state index in [4.69, 9.17) is 11.6 Å². The van der Waals surface area contributed by atoms with Crippen LogP contribution in [0.25, 0.3) is 6.08 Å². The molecule has 1 N–H and O–H groups in total. The van der Waals surface area contributed by atoms with Crippen LogP contribution in [0.5, 0.6) is 0 Å². The Hall–Kier alpha value is -2.03. The van der Waals surface area contributed by atoms with Gasteiger partial charge in [-0.05, 0) is 49.6 Å². The van der Waals surface area contributed by atoms with Gasteiger partial charge >= 0.3 is 0 Å². The van der Waals surface area contributed by atoms with Crippen molar-refractivity contribution in [2.45, 2.75) is 38.0 Å². The van der Waals surface area contributed by atoms with Crippen molar-refractivity contribution in [3.8, 4) is 0 Å². The Balaban J connectivity index is 1.41. The fourth-order valence-corrected chi connectivity index (χ4v) is 4.21. The number of alkyl halides is 1. The standard InChI is InChI=1S/C23H30ClF2N3O3/c24-18-15-17(3-5-19(18)25)4-6-22(31)29-12-8-23(32)28(13-14-29)10-2-1-9-27-11-7-20(26)21(30)16-27/h3-6,15,20-21,30H,1-2,7-14,16H2/b6-4+/t20-,21-/m0/s1. The molecule has 2 atom stereocenters. The molecule has 176 valence electrons. The smallest absolute Gasteiger partial charge is 0.246 e. The molecule has 2 saturated heterocycles. The summed E-state index contributed by atoms with van der Waals surface area (Å²) in [5, 5.41) is 9.64. The lowest BCUT2D eigenvalue weighted by molar-refractivity contribution is -0.130. The number of aliphatic hydroxyl groups is 1. The van der Waals surface area contributed by atoms with Crippen LogP contribution in [0.1, 0.15) is 31.2 Å². The van der Waals surface area contributed by atoms with E-state index in [9.17, 15) is 23.5 Å². The first-order valence-electron chi connectivity index (χ1n) is 11.1. The van der Waals surface area contributed by atoms with E-state index in [1.54, 1.807) is 21.9 Å². The van der Waals surface area contributed by atoms with Crippen molar-refractivity contribution in [1.29, 1.82) is 0 Å². The van der Waals surface area contributed by atoms with E-state index < -0.39 is 18.1 Å². The minimum absolute atomic E-state index is 0.00122. The van der Waals surface area contributed by atoms with Crippen LogP contribution >= 0.6 is 11.6 Å². The average molecular weight is 470 g/mol. The SMILES string of the molecule is O=C(/C=C/c1ccc(F)c(Cl)c1)N1CCC(=O)N(CCCCN2CC[C@H](F)[C@@H](O)C2)CC1. The number of unbranched alkanes of at least 4 members (excludes halogenated alkanes) is 1. The second-order valence-electron chi connectivity index (χ2n) is 8.34. The zero-order valence-electron chi connectivity index (χ0n) is 18.1. The number of halogens is 3. The average Bonchev–Trinajstić information content (AvgIpc) is 2.96. The minimum atomic E-state index is -1.13. The number of aliphatic hydroxyl groups excluding tert-OH is 1. The van der Waals surface area contributed by atoms with Gasteiger partial charge in [0.2, 0.25) is 11.8 Å². The van der Waals surface area contributed by atoms with E-state index >= 15 is 0 Å². The van der Waals surface area contributed by atoms with Gasteiger partial charge in [-0.2, -0.15) is 0 Å². The molecular weight excluding hydrogens is 440 g/mol. The first-order chi connectivity index (χ1) is 15.3. The molecule has 2 amide bonds. The predicted molar refractivity (Wildman–Crippen MR) is 119 cm³/mol. The molecule has 3 rings (SSSR count). The summed E-state index contributed by atoms with van der Waals surface area (Å²) >= 11 is 5.76. The van der Waals surface area contributed by atoms with E-state index in [1.807, 2.05) is 0 Å². The number of β-amino-alcohol motifs (C(OH)–C–C–N with tert-alkyl or cyclic N) is 1. The molecule has 1 aromatic rings. The first-order valence-corrected chi connectivity index (χ1v) is 11.5. The van der Waals surface area contributed by atoms with Crippen LogP contribution in [0, 0.1) is 5.82 Å². The number of hydrogen-bond donors (Lipinski definition) is 1. The minimum Gasteiger partial charge on any atom is -0.389 e. The summed E-state index contributed by atoms with van der Waals surface area (Å²) in [6.07, 6.45) is 3.27. The third-order valence-electron chi connectivity index (χ3n) is 6.00. The molecule has 2 aliphatic rings. The Bertz CT molecular complexity index is 839. The number of carbonyl (C=O) groups is 2. The molecule has 2 heterocycles. The third kappa shape index (κ3) is 6.98. The van der Waals surface area contributed by atoms with Gasteiger partial charge in [0.15, 0.2) is 0 Å². The maximum absolute atomic E-state index is 13.3. The molecule has 0 bridgehead atoms. The highest BCUT2D eigenvalue weighted by Crippen LogP contribution is 2.17. The number of carbonyl (C=O) groups excluding carboxylic acids is 2. The summed E-state index contributed by atoms with van der Waals surface area (Å²) < 4.78 is 26.6. The molecule has 0 unspecified atom stereocenters. The molecule has 1 aromatic carbocycles. The zero-order valence-corrected chi connectivity index (χ0v) is 18.8. The number of amides is 2. The molecule has 0 saturated carbocycles. The molecule has 0 radical (unpaired) electrons. The van der Waals surface area contributed by atoms with Crippen molar-refractivity contribution >= 4 is 29.5 Å². The van der Waals surface area contributed by atoms with E-state index in [1.165, 1.54) is 18.2 Å². The molecule has 2 aliphatic heterocycles. The maximum atomic E-state index is 13.3. The first kappa shape index (κ1) is 24.6. The topological polar surface area (TPSA) is 64.1 Å². The zero-order chi connectivity index (χ0) is 23.1. The largest absolute Gasteiger partial charge is 0.389 e. The van der Waals surface area contributed by atoms with Gasteiger partial charge in [-0.25, -0.2) is 8.78 Å². The number of rotatable bonds is 7. The van der Waals surface area contributed by atoms with Crippen LogP contribution in [0.4, 0.5) is 8.78 Å². The molecular formula is C23H30ClF2N3O3. The van der Waals surface area contributed by atoms with Crippen LogP contribution in [-0.2, 0) is 9.59 Å². The summed E-state index contributed by atoms with van der Waals surface area (Å²) in [5.41, 5.74) is 0.625. The Morgan fingerprint density at radius 1 is 1.19 bits per heavy atom. The number of hydrogen-bond acceptors (Lipinski definition) is 4. The fraction of sp³-hybridized carbons (Fsp3) is 0.565. The van der Waals surface area contributed by atoms with Crippen LogP contribution in [0.3, 0.4) is 0 Å². The van der Waals surface area contributed by atoms with Gasteiger partial charge in [-0.1, -0.05) is 17.7 Å². The lowest BCUT2D eigenvalue weighted by Gasteiger charge is -2.32. The van der Waals surface area contributed by atoms with Crippen molar-refractivity contribution in [3.63, 3.8) is 0 Å². The second-order valence-corrected chi connectivity index (χ2v) is 8.75. The molecule has 0 aliphatic carbocycles. The summed E-state index contributed by atoms with van der Waals surface area (Å²) in [4.78, 5) is 30.5. The summed E-state index contributed by atoms with van der Waals surface area (Å²) in [6, 6.07) is 4.24. The lowest BCUT2D eigenvalue weighted by atomic mass is 10.1. The van der Waals surface area contributed by atoms with Gasteiger partial charge in [-0.15, -0.1) is 0 Å². The Morgan fingerprint density at radius 2 is 1.97 bits per heavy atom. The van der Waals surface area contributed by atoms with Crippen LogP contribution in [0.2, 0.25) is 5.02 Å². The summed E-state index contributed by atoms with van der Waals surface area (Å²) in [7, 11) is 0. The van der Waals surface area contributed by atoms with E-state index in [0.29, 0.717) is 51.3 Å². The quantitative estimate of drug-likeness (QED) is 0.492. The van der Waals surface area contributed by atoms with Crippen LogP contribution in [0.15, 0.2) is 24.3 Å². The normalized spacial score (nSPS) is 23.1. The maximum Gasteiger partial charge on any atom is 0.246 e. The highest BCUT2D eigenvalue weighted by Gasteiger charge is 2.27. The monoisotopic (exact) mass is 469 g/mol. The summed E-state index contributed by atoms with van der Waals surface area (Å²) in [5.74, 6) is -0.679. The fourth-order valence-electron chi connectivity index (χ4n) is 4.02. The van der Waals surface area contributed by atoms with Gasteiger partial charge in [0.25, 0.3) is 0 Å². The van der Waals surface area contributed by atoms with Crippen molar-refractivity contribution in [3.05, 3.63) is 40.7 Å². The lowest BCUT2D eigenvalue weighted by Crippen LogP contribution is -2.45.